The van der Waals surface area contributed by atoms with Gasteiger partial charge in [0.15, 0.2) is 0 Å². The second kappa shape index (κ2) is 8.56. The Morgan fingerprint density at radius 3 is 2.54 bits per heavy atom. The molecule has 0 spiro atoms. The van der Waals surface area contributed by atoms with Gasteiger partial charge in [-0.25, -0.2) is 4.39 Å². The van der Waals surface area contributed by atoms with E-state index in [1.807, 2.05) is 0 Å². The van der Waals surface area contributed by atoms with Crippen LogP contribution in [0.1, 0.15) is 10.4 Å². The number of carbonyl (C=O) groups excluding carboxylic acids is 2. The van der Waals surface area contributed by atoms with Crippen LogP contribution >= 0.6 is 23.4 Å². The molecule has 8 heteroatoms. The Balaban J connectivity index is 1.86. The largest absolute Gasteiger partial charge is 0.496 e. The van der Waals surface area contributed by atoms with Crippen LogP contribution < -0.4 is 15.6 Å². The van der Waals surface area contributed by atoms with Crippen molar-refractivity contribution in [2.45, 2.75) is 4.90 Å². The van der Waals surface area contributed by atoms with E-state index in [-0.39, 0.29) is 17.1 Å². The Morgan fingerprint density at radius 2 is 1.88 bits per heavy atom. The average molecular weight is 369 g/mol. The van der Waals surface area contributed by atoms with Crippen LogP contribution in [0.3, 0.4) is 0 Å². The van der Waals surface area contributed by atoms with Gasteiger partial charge in [-0.2, -0.15) is 0 Å². The van der Waals surface area contributed by atoms with E-state index in [2.05, 4.69) is 10.9 Å². The first-order valence-electron chi connectivity index (χ1n) is 6.80. The third kappa shape index (κ3) is 5.14. The van der Waals surface area contributed by atoms with Crippen LogP contribution in [0.25, 0.3) is 0 Å². The van der Waals surface area contributed by atoms with Gasteiger partial charge >= 0.3 is 0 Å². The minimum Gasteiger partial charge on any atom is -0.496 e. The van der Waals surface area contributed by atoms with Gasteiger partial charge in [0.05, 0.1) is 18.4 Å². The molecule has 2 rings (SSSR count). The minimum absolute atomic E-state index is 0.0110. The van der Waals surface area contributed by atoms with E-state index < -0.39 is 17.6 Å². The van der Waals surface area contributed by atoms with Gasteiger partial charge in [0.25, 0.3) is 5.91 Å². The number of hydrogen-bond donors (Lipinski definition) is 2. The lowest BCUT2D eigenvalue weighted by atomic mass is 10.2. The maximum atomic E-state index is 13.2. The number of rotatable bonds is 5. The molecule has 0 aliphatic rings. The molecule has 0 unspecified atom stereocenters. The van der Waals surface area contributed by atoms with Crippen LogP contribution in [-0.2, 0) is 4.79 Å². The Labute approximate surface area is 147 Å². The lowest BCUT2D eigenvalue weighted by Gasteiger charge is -2.10. The third-order valence-corrected chi connectivity index (χ3v) is 4.17. The molecule has 0 bridgehead atoms. The van der Waals surface area contributed by atoms with Crippen LogP contribution in [0.15, 0.2) is 47.4 Å². The lowest BCUT2D eigenvalue weighted by molar-refractivity contribution is -0.119. The third-order valence-electron chi connectivity index (χ3n) is 2.91. The molecule has 2 aromatic carbocycles. The molecule has 24 heavy (non-hydrogen) atoms. The molecule has 0 aliphatic heterocycles. The Kier molecular flexibility index (Phi) is 6.45. The van der Waals surface area contributed by atoms with Crippen molar-refractivity contribution in [1.29, 1.82) is 0 Å². The summed E-state index contributed by atoms with van der Waals surface area (Å²) in [4.78, 5) is 24.6. The van der Waals surface area contributed by atoms with E-state index in [1.165, 1.54) is 31.0 Å². The summed E-state index contributed by atoms with van der Waals surface area (Å²) in [5.41, 5.74) is 4.49. The lowest BCUT2D eigenvalue weighted by Crippen LogP contribution is -2.42. The molecule has 0 saturated carbocycles. The zero-order valence-corrected chi connectivity index (χ0v) is 14.2. The van der Waals surface area contributed by atoms with Gasteiger partial charge in [-0.3, -0.25) is 20.4 Å². The molecule has 2 amide bonds. The first-order chi connectivity index (χ1) is 11.5. The molecule has 126 valence electrons. The van der Waals surface area contributed by atoms with Gasteiger partial charge in [0.1, 0.15) is 11.6 Å². The second-order valence-corrected chi connectivity index (χ2v) is 6.07. The highest BCUT2D eigenvalue weighted by Gasteiger charge is 2.14. The quantitative estimate of drug-likeness (QED) is 0.628. The number of thioether (sulfide) groups is 1. The van der Waals surface area contributed by atoms with Crippen LogP contribution in [0, 0.1) is 5.82 Å². The summed E-state index contributed by atoms with van der Waals surface area (Å²) in [6, 6.07) is 10.6. The number of nitrogens with one attached hydrogen (secondary N) is 2. The number of halogens is 2. The van der Waals surface area contributed by atoms with E-state index in [9.17, 15) is 14.0 Å². The molecule has 0 atom stereocenters. The maximum absolute atomic E-state index is 13.2. The van der Waals surface area contributed by atoms with Crippen molar-refractivity contribution < 1.29 is 18.7 Å². The molecular weight excluding hydrogens is 355 g/mol. The number of hydrogen-bond acceptors (Lipinski definition) is 4. The molecule has 0 fully saturated rings. The van der Waals surface area contributed by atoms with Crippen molar-refractivity contribution in [3.63, 3.8) is 0 Å². The summed E-state index contributed by atoms with van der Waals surface area (Å²) in [5.74, 6) is -1.35. The molecule has 0 radical (unpaired) electrons. The SMILES string of the molecule is COc1ccc(F)cc1C(=O)NNC(=O)CSc1ccc(Cl)cc1. The standard InChI is InChI=1S/C16H14ClFN2O3S/c1-23-14-7-4-11(18)8-13(14)16(22)20-19-15(21)9-24-12-5-2-10(17)3-6-12/h2-8H,9H2,1H3,(H,19,21)(H,20,22). The van der Waals surface area contributed by atoms with Crippen molar-refractivity contribution in [3.05, 3.63) is 58.9 Å². The summed E-state index contributed by atoms with van der Waals surface area (Å²) in [6.07, 6.45) is 0. The number of methoxy groups -OCH3 is 1. The Bertz CT molecular complexity index is 741. The first kappa shape index (κ1) is 18.1. The predicted molar refractivity (Wildman–Crippen MR) is 90.7 cm³/mol. The smallest absolute Gasteiger partial charge is 0.273 e. The Hall–Kier alpha value is -2.25. The van der Waals surface area contributed by atoms with Crippen molar-refractivity contribution in [2.24, 2.45) is 0 Å². The monoisotopic (exact) mass is 368 g/mol. The van der Waals surface area contributed by atoms with Crippen LogP contribution in [0.2, 0.25) is 5.02 Å². The van der Waals surface area contributed by atoms with Gasteiger partial charge in [-0.1, -0.05) is 11.6 Å². The highest BCUT2D eigenvalue weighted by atomic mass is 35.5. The van der Waals surface area contributed by atoms with Gasteiger partial charge in [0.2, 0.25) is 5.91 Å². The summed E-state index contributed by atoms with van der Waals surface area (Å²) >= 11 is 7.07. The summed E-state index contributed by atoms with van der Waals surface area (Å²) < 4.78 is 18.2. The molecule has 0 aliphatic carbocycles. The number of hydrazine groups is 1. The van der Waals surface area contributed by atoms with Crippen LogP contribution in [0.5, 0.6) is 5.75 Å². The maximum Gasteiger partial charge on any atom is 0.273 e. The summed E-state index contributed by atoms with van der Waals surface area (Å²) in [7, 11) is 1.37. The second-order valence-electron chi connectivity index (χ2n) is 4.59. The van der Waals surface area contributed by atoms with E-state index >= 15 is 0 Å². The molecule has 2 aromatic rings. The normalized spacial score (nSPS) is 10.1. The van der Waals surface area contributed by atoms with E-state index in [0.29, 0.717) is 5.02 Å². The number of benzene rings is 2. The number of amides is 2. The van der Waals surface area contributed by atoms with E-state index in [4.69, 9.17) is 16.3 Å². The first-order valence-corrected chi connectivity index (χ1v) is 8.17. The van der Waals surface area contributed by atoms with Crippen LogP contribution in [-0.4, -0.2) is 24.7 Å². The van der Waals surface area contributed by atoms with E-state index in [0.717, 1.165) is 11.0 Å². The summed E-state index contributed by atoms with van der Waals surface area (Å²) in [6.45, 7) is 0. The highest BCUT2D eigenvalue weighted by Crippen LogP contribution is 2.20. The topological polar surface area (TPSA) is 67.4 Å². The molecular formula is C16H14ClFN2O3S. The fourth-order valence-corrected chi connectivity index (χ4v) is 2.59. The highest BCUT2D eigenvalue weighted by molar-refractivity contribution is 8.00. The molecule has 2 N–H and O–H groups in total. The number of ether oxygens (including phenoxy) is 1. The van der Waals surface area contributed by atoms with Crippen molar-refractivity contribution in [1.82, 2.24) is 10.9 Å². The number of carbonyl (C=O) groups is 2. The zero-order chi connectivity index (χ0) is 17.5. The van der Waals surface area contributed by atoms with Gasteiger partial charge in [0, 0.05) is 9.92 Å². The van der Waals surface area contributed by atoms with Gasteiger partial charge in [-0.15, -0.1) is 11.8 Å². The molecule has 0 heterocycles. The molecule has 0 saturated heterocycles. The van der Waals surface area contributed by atoms with Gasteiger partial charge < -0.3 is 4.74 Å². The van der Waals surface area contributed by atoms with Crippen LogP contribution in [0.4, 0.5) is 4.39 Å². The van der Waals surface area contributed by atoms with Crippen molar-refractivity contribution in [3.8, 4) is 5.75 Å². The molecule has 0 aromatic heterocycles. The fraction of sp³-hybridized carbons (Fsp3) is 0.125. The van der Waals surface area contributed by atoms with Crippen molar-refractivity contribution in [2.75, 3.05) is 12.9 Å². The summed E-state index contributed by atoms with van der Waals surface area (Å²) in [5, 5.41) is 0.611. The predicted octanol–water partition coefficient (Wildman–Crippen LogP) is 3.04. The average Bonchev–Trinajstić information content (AvgIpc) is 2.59. The fourth-order valence-electron chi connectivity index (χ4n) is 1.77. The van der Waals surface area contributed by atoms with Gasteiger partial charge in [-0.05, 0) is 42.5 Å². The zero-order valence-electron chi connectivity index (χ0n) is 12.6. The minimum atomic E-state index is -0.670. The Morgan fingerprint density at radius 1 is 1.17 bits per heavy atom. The van der Waals surface area contributed by atoms with Crippen molar-refractivity contribution >= 4 is 35.2 Å². The van der Waals surface area contributed by atoms with E-state index in [1.54, 1.807) is 24.3 Å². The molecule has 5 nitrogen and oxygen atoms in total.